The highest BCUT2D eigenvalue weighted by atomic mass is 16.2. The Bertz CT molecular complexity index is 853. The minimum atomic E-state index is 0.0340. The lowest BCUT2D eigenvalue weighted by Crippen LogP contribution is -2.54. The highest BCUT2D eigenvalue weighted by molar-refractivity contribution is 5.93. The second kappa shape index (κ2) is 7.70. The number of piperidine rings is 2. The van der Waals surface area contributed by atoms with Gasteiger partial charge >= 0.3 is 0 Å². The Hall–Kier alpha value is -2.76. The molecule has 0 radical (unpaired) electrons. The number of ketones is 1. The third-order valence-electron chi connectivity index (χ3n) is 6.01. The molecule has 146 valence electrons. The summed E-state index contributed by atoms with van der Waals surface area (Å²) < 4.78 is 0. The van der Waals surface area contributed by atoms with Gasteiger partial charge in [0.1, 0.15) is 5.82 Å². The first-order valence-corrected chi connectivity index (χ1v) is 9.93. The third-order valence-corrected chi connectivity index (χ3v) is 6.01. The Labute approximate surface area is 165 Å². The van der Waals surface area contributed by atoms with E-state index in [0.717, 1.165) is 50.3 Å². The molecule has 28 heavy (non-hydrogen) atoms. The maximum atomic E-state index is 12.5. The van der Waals surface area contributed by atoms with E-state index in [4.69, 9.17) is 0 Å². The third kappa shape index (κ3) is 3.91. The number of rotatable bonds is 4. The SMILES string of the molecule is CC(=O)c1ccc(N2CCC[C@]3(CCC(=O)N(Cc4ccncc4)C3)C2)nc1. The number of carbonyl (C=O) groups is 2. The number of Topliss-reactive ketones (excluding diaryl/α,β-unsaturated/α-hetero) is 1. The number of anilines is 1. The first-order chi connectivity index (χ1) is 13.5. The van der Waals surface area contributed by atoms with Crippen LogP contribution < -0.4 is 4.90 Å². The lowest BCUT2D eigenvalue weighted by Gasteiger charge is -2.48. The average Bonchev–Trinajstić information content (AvgIpc) is 2.72. The number of hydrogen-bond donors (Lipinski definition) is 0. The van der Waals surface area contributed by atoms with E-state index < -0.39 is 0 Å². The van der Waals surface area contributed by atoms with Crippen molar-refractivity contribution in [3.8, 4) is 0 Å². The maximum absolute atomic E-state index is 12.5. The zero-order valence-electron chi connectivity index (χ0n) is 16.3. The Morgan fingerprint density at radius 1 is 1.14 bits per heavy atom. The van der Waals surface area contributed by atoms with Gasteiger partial charge in [-0.1, -0.05) is 0 Å². The van der Waals surface area contributed by atoms with Crippen molar-refractivity contribution >= 4 is 17.5 Å². The summed E-state index contributed by atoms with van der Waals surface area (Å²) in [6, 6.07) is 7.75. The van der Waals surface area contributed by atoms with Crippen LogP contribution in [0.3, 0.4) is 0 Å². The number of aromatic nitrogens is 2. The van der Waals surface area contributed by atoms with E-state index >= 15 is 0 Å². The molecule has 4 heterocycles. The summed E-state index contributed by atoms with van der Waals surface area (Å²) in [7, 11) is 0. The number of likely N-dealkylation sites (tertiary alicyclic amines) is 1. The number of nitrogens with zero attached hydrogens (tertiary/aromatic N) is 4. The highest BCUT2D eigenvalue weighted by Gasteiger charge is 2.42. The normalized spacial score (nSPS) is 22.5. The summed E-state index contributed by atoms with van der Waals surface area (Å²) >= 11 is 0. The molecule has 2 aromatic heterocycles. The first kappa shape index (κ1) is 18.6. The smallest absolute Gasteiger partial charge is 0.222 e. The largest absolute Gasteiger partial charge is 0.356 e. The summed E-state index contributed by atoms with van der Waals surface area (Å²) in [5.74, 6) is 1.19. The van der Waals surface area contributed by atoms with E-state index in [-0.39, 0.29) is 17.1 Å². The molecule has 0 unspecified atom stereocenters. The fourth-order valence-corrected chi connectivity index (χ4v) is 4.47. The molecule has 2 aromatic rings. The minimum Gasteiger partial charge on any atom is -0.356 e. The Morgan fingerprint density at radius 2 is 1.96 bits per heavy atom. The van der Waals surface area contributed by atoms with Crippen LogP contribution in [0.15, 0.2) is 42.9 Å². The van der Waals surface area contributed by atoms with Gasteiger partial charge in [-0.05, 0) is 56.0 Å². The van der Waals surface area contributed by atoms with Crippen molar-refractivity contribution in [2.24, 2.45) is 5.41 Å². The molecule has 6 heteroatoms. The summed E-state index contributed by atoms with van der Waals surface area (Å²) in [4.78, 5) is 36.9. The van der Waals surface area contributed by atoms with E-state index in [0.29, 0.717) is 18.5 Å². The van der Waals surface area contributed by atoms with Gasteiger partial charge in [-0.2, -0.15) is 0 Å². The molecule has 0 aromatic carbocycles. The molecular weight excluding hydrogens is 352 g/mol. The van der Waals surface area contributed by atoms with Crippen molar-refractivity contribution in [3.05, 3.63) is 54.0 Å². The average molecular weight is 378 g/mol. The van der Waals surface area contributed by atoms with Crippen LogP contribution in [0.1, 0.15) is 48.5 Å². The monoisotopic (exact) mass is 378 g/mol. The molecule has 2 saturated heterocycles. The Balaban J connectivity index is 1.49. The molecule has 2 aliphatic heterocycles. The van der Waals surface area contributed by atoms with Gasteiger partial charge in [-0.15, -0.1) is 0 Å². The maximum Gasteiger partial charge on any atom is 0.222 e. The quantitative estimate of drug-likeness (QED) is 0.765. The Morgan fingerprint density at radius 3 is 2.68 bits per heavy atom. The molecular formula is C22H26N4O2. The number of carbonyl (C=O) groups excluding carboxylic acids is 2. The van der Waals surface area contributed by atoms with Gasteiger partial charge in [0, 0.05) is 62.2 Å². The lowest BCUT2D eigenvalue weighted by atomic mass is 9.73. The van der Waals surface area contributed by atoms with Crippen molar-refractivity contribution in [1.29, 1.82) is 0 Å². The van der Waals surface area contributed by atoms with Crippen molar-refractivity contribution < 1.29 is 9.59 Å². The second-order valence-electron chi connectivity index (χ2n) is 8.09. The fraction of sp³-hybridized carbons (Fsp3) is 0.455. The van der Waals surface area contributed by atoms with E-state index in [9.17, 15) is 9.59 Å². The standard InChI is InChI=1S/C22H26N4O2/c1-17(27)19-3-4-20(24-13-19)25-12-2-8-22(15-25)9-5-21(28)26(16-22)14-18-6-10-23-11-7-18/h3-4,6-7,10-11,13H,2,5,8-9,12,14-16H2,1H3/t22-/m0/s1. The van der Waals surface area contributed by atoms with Crippen LogP contribution in [0.5, 0.6) is 0 Å². The van der Waals surface area contributed by atoms with Crippen LogP contribution >= 0.6 is 0 Å². The number of hydrogen-bond acceptors (Lipinski definition) is 5. The molecule has 0 bridgehead atoms. The van der Waals surface area contributed by atoms with Gasteiger partial charge in [0.25, 0.3) is 0 Å². The van der Waals surface area contributed by atoms with E-state index in [1.807, 2.05) is 29.2 Å². The van der Waals surface area contributed by atoms with Gasteiger partial charge in [-0.25, -0.2) is 4.98 Å². The minimum absolute atomic E-state index is 0.0340. The molecule has 6 nitrogen and oxygen atoms in total. The van der Waals surface area contributed by atoms with Crippen LogP contribution in [0.2, 0.25) is 0 Å². The van der Waals surface area contributed by atoms with Gasteiger partial charge in [0.05, 0.1) is 0 Å². The van der Waals surface area contributed by atoms with Crippen molar-refractivity contribution in [2.75, 3.05) is 24.5 Å². The van der Waals surface area contributed by atoms with Gasteiger partial charge in [0.15, 0.2) is 5.78 Å². The van der Waals surface area contributed by atoms with E-state index in [2.05, 4.69) is 14.9 Å². The summed E-state index contributed by atoms with van der Waals surface area (Å²) in [6.07, 6.45) is 8.98. The van der Waals surface area contributed by atoms with Crippen LogP contribution in [0, 0.1) is 5.41 Å². The molecule has 0 N–H and O–H groups in total. The molecule has 2 fully saturated rings. The summed E-state index contributed by atoms with van der Waals surface area (Å²) in [6.45, 7) is 4.86. The molecule has 2 aliphatic rings. The predicted octanol–water partition coefficient (Wildman–Crippen LogP) is 3.09. The van der Waals surface area contributed by atoms with Crippen LogP contribution in [0.4, 0.5) is 5.82 Å². The van der Waals surface area contributed by atoms with Gasteiger partial charge in [0.2, 0.25) is 5.91 Å². The van der Waals surface area contributed by atoms with Crippen molar-refractivity contribution in [3.63, 3.8) is 0 Å². The topological polar surface area (TPSA) is 66.4 Å². The molecule has 0 saturated carbocycles. The van der Waals surface area contributed by atoms with Crippen LogP contribution in [0.25, 0.3) is 0 Å². The van der Waals surface area contributed by atoms with Crippen LogP contribution in [-0.2, 0) is 11.3 Å². The molecule has 1 atom stereocenters. The second-order valence-corrected chi connectivity index (χ2v) is 8.09. The van der Waals surface area contributed by atoms with Crippen molar-refractivity contribution in [1.82, 2.24) is 14.9 Å². The lowest BCUT2D eigenvalue weighted by molar-refractivity contribution is -0.138. The van der Waals surface area contributed by atoms with E-state index in [1.165, 1.54) is 0 Å². The summed E-state index contributed by atoms with van der Waals surface area (Å²) in [5.41, 5.74) is 1.87. The zero-order chi connectivity index (χ0) is 19.6. The van der Waals surface area contributed by atoms with Crippen molar-refractivity contribution in [2.45, 2.75) is 39.2 Å². The molecule has 1 spiro atoms. The fourth-order valence-electron chi connectivity index (χ4n) is 4.47. The van der Waals surface area contributed by atoms with Crippen LogP contribution in [-0.4, -0.2) is 46.2 Å². The highest BCUT2D eigenvalue weighted by Crippen LogP contribution is 2.40. The molecule has 4 rings (SSSR count). The van der Waals surface area contributed by atoms with Gasteiger partial charge < -0.3 is 9.80 Å². The predicted molar refractivity (Wildman–Crippen MR) is 107 cm³/mol. The zero-order valence-corrected chi connectivity index (χ0v) is 16.3. The van der Waals surface area contributed by atoms with E-state index in [1.54, 1.807) is 25.5 Å². The van der Waals surface area contributed by atoms with Gasteiger partial charge in [-0.3, -0.25) is 14.6 Å². The Kier molecular flexibility index (Phi) is 5.11. The summed E-state index contributed by atoms with van der Waals surface area (Å²) in [5, 5.41) is 0. The molecule has 0 aliphatic carbocycles. The number of amides is 1. The molecule has 1 amide bonds. The first-order valence-electron chi connectivity index (χ1n) is 9.93. The number of pyridine rings is 2.